The number of ether oxygens (including phenoxy) is 3. The molecule has 0 aromatic heterocycles. The van der Waals surface area contributed by atoms with Crippen molar-refractivity contribution in [1.82, 2.24) is 5.32 Å². The molecule has 2 aliphatic rings. The summed E-state index contributed by atoms with van der Waals surface area (Å²) >= 11 is 1.23. The van der Waals surface area contributed by atoms with Gasteiger partial charge in [-0.15, -0.1) is 0 Å². The number of methoxy groups -OCH3 is 1. The third kappa shape index (κ3) is 3.97. The van der Waals surface area contributed by atoms with E-state index in [2.05, 4.69) is 10.3 Å². The molecule has 7 nitrogen and oxygen atoms in total. The second-order valence-corrected chi connectivity index (χ2v) is 7.00. The number of aliphatic hydroxyl groups is 1. The largest absolute Gasteiger partial charge is 0.454 e. The Kier molecular flexibility index (Phi) is 5.31. The summed E-state index contributed by atoms with van der Waals surface area (Å²) in [5.74, 6) is 1.19. The average Bonchev–Trinajstić information content (AvgIpc) is 3.18. The minimum atomic E-state index is -1.02. The third-order valence-corrected chi connectivity index (χ3v) is 4.75. The minimum Gasteiger partial charge on any atom is -0.454 e. The number of hydrogen-bond acceptors (Lipinski definition) is 7. The predicted octanol–water partition coefficient (Wildman–Crippen LogP) is 1.96. The van der Waals surface area contributed by atoms with Gasteiger partial charge in [0.1, 0.15) is 6.04 Å². The molecule has 1 aromatic rings. The molecular formula is C17H20N2O5S. The summed E-state index contributed by atoms with van der Waals surface area (Å²) in [6.07, 6.45) is 0.744. The van der Waals surface area contributed by atoms with Gasteiger partial charge in [-0.2, -0.15) is 0 Å². The van der Waals surface area contributed by atoms with Crippen molar-refractivity contribution in [3.63, 3.8) is 0 Å². The number of aliphatic hydroxyl groups excluding tert-OH is 1. The van der Waals surface area contributed by atoms with Crippen molar-refractivity contribution in [3.05, 3.63) is 28.7 Å². The average molecular weight is 364 g/mol. The van der Waals surface area contributed by atoms with Crippen molar-refractivity contribution in [2.24, 2.45) is 10.9 Å². The zero-order chi connectivity index (χ0) is 18.0. The van der Waals surface area contributed by atoms with Gasteiger partial charge in [0, 0.05) is 7.11 Å². The molecule has 1 fully saturated rings. The molecular weight excluding hydrogens is 344 g/mol. The molecule has 2 heterocycles. The first-order valence-electron chi connectivity index (χ1n) is 7.87. The number of rotatable bonds is 5. The summed E-state index contributed by atoms with van der Waals surface area (Å²) in [5.41, 5.74) is 0.834. The first-order chi connectivity index (χ1) is 12.0. The van der Waals surface area contributed by atoms with Gasteiger partial charge in [0.15, 0.2) is 23.0 Å². The van der Waals surface area contributed by atoms with Crippen LogP contribution in [0.3, 0.4) is 0 Å². The quantitative estimate of drug-likeness (QED) is 0.613. The van der Waals surface area contributed by atoms with E-state index in [9.17, 15) is 9.90 Å². The number of amidine groups is 1. The van der Waals surface area contributed by atoms with Crippen LogP contribution in [-0.4, -0.2) is 42.4 Å². The van der Waals surface area contributed by atoms with Crippen molar-refractivity contribution < 1.29 is 24.1 Å². The SMILES string of the molecule is COC(O)C(N=C1NC(=O)/C(=C/c2ccc3c(c2)OCO3)S1)C(C)C. The van der Waals surface area contributed by atoms with E-state index in [-0.39, 0.29) is 18.6 Å². The summed E-state index contributed by atoms with van der Waals surface area (Å²) in [6, 6.07) is 5.03. The Morgan fingerprint density at radius 2 is 2.12 bits per heavy atom. The molecule has 8 heteroatoms. The number of carbonyl (C=O) groups is 1. The Hall–Kier alpha value is -2.03. The van der Waals surface area contributed by atoms with Crippen LogP contribution in [0.2, 0.25) is 0 Å². The van der Waals surface area contributed by atoms with Crippen molar-refractivity contribution >= 4 is 28.9 Å². The first kappa shape index (κ1) is 17.8. The van der Waals surface area contributed by atoms with Gasteiger partial charge in [-0.1, -0.05) is 19.9 Å². The highest BCUT2D eigenvalue weighted by atomic mass is 32.2. The number of nitrogens with zero attached hydrogens (tertiary/aromatic N) is 1. The molecule has 2 aliphatic heterocycles. The minimum absolute atomic E-state index is 0.0573. The fourth-order valence-corrected chi connectivity index (χ4v) is 3.32. The summed E-state index contributed by atoms with van der Waals surface area (Å²) in [4.78, 5) is 17.1. The molecule has 2 N–H and O–H groups in total. The Morgan fingerprint density at radius 1 is 1.36 bits per heavy atom. The van der Waals surface area contributed by atoms with Gasteiger partial charge >= 0.3 is 0 Å². The van der Waals surface area contributed by atoms with E-state index >= 15 is 0 Å². The van der Waals surface area contributed by atoms with E-state index in [1.807, 2.05) is 32.0 Å². The monoisotopic (exact) mass is 364 g/mol. The van der Waals surface area contributed by atoms with E-state index in [1.165, 1.54) is 18.9 Å². The smallest absolute Gasteiger partial charge is 0.264 e. The number of nitrogens with one attached hydrogen (secondary N) is 1. The van der Waals surface area contributed by atoms with Crippen molar-refractivity contribution in [2.45, 2.75) is 26.2 Å². The summed E-state index contributed by atoms with van der Waals surface area (Å²) in [7, 11) is 1.42. The third-order valence-electron chi connectivity index (χ3n) is 3.83. The van der Waals surface area contributed by atoms with Crippen LogP contribution in [0.5, 0.6) is 11.5 Å². The first-order valence-corrected chi connectivity index (χ1v) is 8.69. The maximum absolute atomic E-state index is 12.2. The molecule has 25 heavy (non-hydrogen) atoms. The number of aliphatic imine (C=N–C) groups is 1. The van der Waals surface area contributed by atoms with Crippen LogP contribution in [0.4, 0.5) is 0 Å². The van der Waals surface area contributed by atoms with E-state index in [4.69, 9.17) is 14.2 Å². The van der Waals surface area contributed by atoms with Crippen molar-refractivity contribution in [2.75, 3.05) is 13.9 Å². The fourth-order valence-electron chi connectivity index (χ4n) is 2.46. The summed E-state index contributed by atoms with van der Waals surface area (Å²) < 4.78 is 15.6. The zero-order valence-electron chi connectivity index (χ0n) is 14.2. The molecule has 134 valence electrons. The van der Waals surface area contributed by atoms with E-state index in [0.29, 0.717) is 21.6 Å². The number of amides is 1. The van der Waals surface area contributed by atoms with E-state index in [1.54, 1.807) is 6.08 Å². The summed E-state index contributed by atoms with van der Waals surface area (Å²) in [6.45, 7) is 4.07. The summed E-state index contributed by atoms with van der Waals surface area (Å²) in [5, 5.41) is 13.1. The van der Waals surface area contributed by atoms with Gasteiger partial charge in [-0.3, -0.25) is 9.79 Å². The second-order valence-electron chi connectivity index (χ2n) is 5.97. The number of carbonyl (C=O) groups excluding carboxylic acids is 1. The van der Waals surface area contributed by atoms with E-state index < -0.39 is 12.3 Å². The Labute approximate surface area is 150 Å². The number of fused-ring (bicyclic) bond motifs is 1. The number of hydrogen-bond donors (Lipinski definition) is 2. The lowest BCUT2D eigenvalue weighted by Crippen LogP contribution is -2.33. The molecule has 0 radical (unpaired) electrons. The van der Waals surface area contributed by atoms with Crippen LogP contribution < -0.4 is 14.8 Å². The predicted molar refractivity (Wildman–Crippen MR) is 95.4 cm³/mol. The van der Waals surface area contributed by atoms with Crippen molar-refractivity contribution in [3.8, 4) is 11.5 Å². The Bertz CT molecular complexity index is 732. The molecule has 0 spiro atoms. The van der Waals surface area contributed by atoms with Crippen LogP contribution in [0.25, 0.3) is 6.08 Å². The Balaban J connectivity index is 1.79. The van der Waals surface area contributed by atoms with E-state index in [0.717, 1.165) is 5.56 Å². The number of benzene rings is 1. The van der Waals surface area contributed by atoms with Crippen LogP contribution in [0.15, 0.2) is 28.1 Å². The van der Waals surface area contributed by atoms with Gasteiger partial charge < -0.3 is 24.6 Å². The molecule has 0 saturated carbocycles. The highest BCUT2D eigenvalue weighted by Gasteiger charge is 2.28. The maximum Gasteiger partial charge on any atom is 0.264 e. The van der Waals surface area contributed by atoms with Gasteiger partial charge in [0.2, 0.25) is 6.79 Å². The molecule has 0 aliphatic carbocycles. The molecule has 3 rings (SSSR count). The van der Waals surface area contributed by atoms with Crippen molar-refractivity contribution in [1.29, 1.82) is 0 Å². The normalized spacial score (nSPS) is 21.9. The van der Waals surface area contributed by atoms with Crippen LogP contribution in [0, 0.1) is 5.92 Å². The van der Waals surface area contributed by atoms with Crippen LogP contribution in [-0.2, 0) is 9.53 Å². The number of thioether (sulfide) groups is 1. The topological polar surface area (TPSA) is 89.4 Å². The lowest BCUT2D eigenvalue weighted by atomic mass is 10.1. The highest BCUT2D eigenvalue weighted by Crippen LogP contribution is 2.34. The second kappa shape index (κ2) is 7.47. The highest BCUT2D eigenvalue weighted by molar-refractivity contribution is 8.18. The molecule has 2 unspecified atom stereocenters. The van der Waals surface area contributed by atoms with Crippen LogP contribution in [0.1, 0.15) is 19.4 Å². The van der Waals surface area contributed by atoms with Crippen LogP contribution >= 0.6 is 11.8 Å². The molecule has 0 bridgehead atoms. The lowest BCUT2D eigenvalue weighted by molar-refractivity contribution is -0.115. The van der Waals surface area contributed by atoms with Gasteiger partial charge in [0.25, 0.3) is 5.91 Å². The lowest BCUT2D eigenvalue weighted by Gasteiger charge is -2.21. The Morgan fingerprint density at radius 3 is 2.84 bits per heavy atom. The van der Waals surface area contributed by atoms with Gasteiger partial charge in [-0.25, -0.2) is 0 Å². The fraction of sp³-hybridized carbons (Fsp3) is 0.412. The zero-order valence-corrected chi connectivity index (χ0v) is 15.0. The molecule has 2 atom stereocenters. The van der Waals surface area contributed by atoms with Gasteiger partial charge in [-0.05, 0) is 41.5 Å². The molecule has 1 saturated heterocycles. The van der Waals surface area contributed by atoms with Gasteiger partial charge in [0.05, 0.1) is 4.91 Å². The standard InChI is InChI=1S/C17H20N2O5S/c1-9(2)14(16(21)22-3)18-17-19-15(20)13(25-17)7-10-4-5-11-12(6-10)24-8-23-11/h4-7,9,14,16,21H,8H2,1-3H3,(H,18,19,20)/b13-7-. The maximum atomic E-state index is 12.2. The molecule has 1 aromatic carbocycles. The molecule has 1 amide bonds.